The summed E-state index contributed by atoms with van der Waals surface area (Å²) in [4.78, 5) is 0.360. The Labute approximate surface area is 97.5 Å². The Morgan fingerprint density at radius 3 is 2.44 bits per heavy atom. The molecule has 1 rings (SSSR count). The van der Waals surface area contributed by atoms with Gasteiger partial charge in [-0.15, -0.1) is 0 Å². The lowest BCUT2D eigenvalue weighted by Crippen LogP contribution is -2.28. The van der Waals surface area contributed by atoms with Crippen LogP contribution >= 0.6 is 0 Å². The Bertz CT molecular complexity index is 491. The number of sulfonamides is 1. The fourth-order valence-electron chi connectivity index (χ4n) is 1.48. The third-order valence-electron chi connectivity index (χ3n) is 2.27. The number of hydrogen-bond acceptors (Lipinski definition) is 2. The predicted octanol–water partition coefficient (Wildman–Crippen LogP) is 2.19. The number of benzene rings is 1. The van der Waals surface area contributed by atoms with Crippen LogP contribution in [0.25, 0.3) is 0 Å². The van der Waals surface area contributed by atoms with E-state index in [1.54, 1.807) is 32.2 Å². The van der Waals surface area contributed by atoms with Crippen LogP contribution in [0, 0.1) is 6.92 Å². The van der Waals surface area contributed by atoms with Gasteiger partial charge in [-0.2, -0.15) is 4.31 Å². The van der Waals surface area contributed by atoms with Crippen molar-refractivity contribution in [1.29, 1.82) is 0 Å². The summed E-state index contributed by atoms with van der Waals surface area (Å²) < 4.78 is 25.7. The van der Waals surface area contributed by atoms with Crippen molar-refractivity contribution in [3.05, 3.63) is 42.0 Å². The Balaban J connectivity index is 3.12. The van der Waals surface area contributed by atoms with E-state index in [2.05, 4.69) is 6.58 Å². The number of likely N-dealkylation sites (N-methyl/N-ethyl adjacent to an activating group) is 1. The monoisotopic (exact) mass is 239 g/mol. The number of nitrogens with zero attached hydrogens (tertiary/aromatic N) is 1. The highest BCUT2D eigenvalue weighted by Crippen LogP contribution is 2.18. The summed E-state index contributed by atoms with van der Waals surface area (Å²) in [7, 11) is -1.83. The van der Waals surface area contributed by atoms with Crippen molar-refractivity contribution in [2.24, 2.45) is 0 Å². The molecule has 3 nitrogen and oxygen atoms in total. The van der Waals surface area contributed by atoms with Crippen LogP contribution in [0.2, 0.25) is 0 Å². The normalized spacial score (nSPS) is 11.8. The van der Waals surface area contributed by atoms with Crippen molar-refractivity contribution >= 4 is 10.0 Å². The zero-order valence-electron chi connectivity index (χ0n) is 9.90. The van der Waals surface area contributed by atoms with Gasteiger partial charge in [0.1, 0.15) is 0 Å². The molecule has 88 valence electrons. The third-order valence-corrected chi connectivity index (χ3v) is 4.24. The summed E-state index contributed by atoms with van der Waals surface area (Å²) >= 11 is 0. The van der Waals surface area contributed by atoms with Gasteiger partial charge in [-0.25, -0.2) is 8.42 Å². The maximum Gasteiger partial charge on any atom is 0.243 e. The fourth-order valence-corrected chi connectivity index (χ4v) is 2.93. The molecule has 0 heterocycles. The minimum Gasteiger partial charge on any atom is -0.207 e. The van der Waals surface area contributed by atoms with Gasteiger partial charge in [0, 0.05) is 13.6 Å². The maximum absolute atomic E-state index is 12.2. The molecule has 16 heavy (non-hydrogen) atoms. The molecular weight excluding hydrogens is 222 g/mol. The maximum atomic E-state index is 12.2. The zero-order chi connectivity index (χ0) is 12.3. The number of aryl methyl sites for hydroxylation is 1. The van der Waals surface area contributed by atoms with Crippen LogP contribution in [-0.4, -0.2) is 26.3 Å². The first-order valence-electron chi connectivity index (χ1n) is 5.02. The summed E-state index contributed by atoms with van der Waals surface area (Å²) in [6, 6.07) is 6.97. The fraction of sp³-hybridized carbons (Fsp3) is 0.333. The highest BCUT2D eigenvalue weighted by Gasteiger charge is 2.21. The summed E-state index contributed by atoms with van der Waals surface area (Å²) in [6.45, 7) is 7.67. The molecule has 0 aliphatic heterocycles. The van der Waals surface area contributed by atoms with Crippen LogP contribution in [0.3, 0.4) is 0 Å². The summed E-state index contributed by atoms with van der Waals surface area (Å²) in [5.74, 6) is 0. The quantitative estimate of drug-likeness (QED) is 0.755. The molecule has 0 spiro atoms. The van der Waals surface area contributed by atoms with Gasteiger partial charge in [0.15, 0.2) is 0 Å². The van der Waals surface area contributed by atoms with Crippen LogP contribution in [0.4, 0.5) is 0 Å². The molecule has 0 radical (unpaired) electrons. The van der Waals surface area contributed by atoms with Gasteiger partial charge in [-0.05, 0) is 25.5 Å². The molecule has 1 aromatic carbocycles. The molecule has 0 aliphatic rings. The van der Waals surface area contributed by atoms with Crippen molar-refractivity contribution in [2.75, 3.05) is 13.6 Å². The van der Waals surface area contributed by atoms with Crippen LogP contribution < -0.4 is 0 Å². The Kier molecular flexibility index (Phi) is 3.88. The van der Waals surface area contributed by atoms with Gasteiger partial charge in [-0.3, -0.25) is 0 Å². The largest absolute Gasteiger partial charge is 0.243 e. The van der Waals surface area contributed by atoms with Gasteiger partial charge in [0.2, 0.25) is 10.0 Å². The Hall–Kier alpha value is -1.13. The zero-order valence-corrected chi connectivity index (χ0v) is 10.7. The number of rotatable bonds is 4. The van der Waals surface area contributed by atoms with Gasteiger partial charge in [-0.1, -0.05) is 30.4 Å². The average molecular weight is 239 g/mol. The molecule has 0 aliphatic carbocycles. The smallest absolute Gasteiger partial charge is 0.207 e. The molecule has 0 saturated heterocycles. The van der Waals surface area contributed by atoms with Crippen molar-refractivity contribution < 1.29 is 8.42 Å². The molecule has 1 aromatic rings. The van der Waals surface area contributed by atoms with Gasteiger partial charge in [0.25, 0.3) is 0 Å². The molecule has 0 fully saturated rings. The lowest BCUT2D eigenvalue weighted by atomic mass is 10.2. The average Bonchev–Trinajstić information content (AvgIpc) is 2.16. The highest BCUT2D eigenvalue weighted by atomic mass is 32.2. The van der Waals surface area contributed by atoms with Crippen molar-refractivity contribution in [1.82, 2.24) is 4.31 Å². The molecule has 4 heteroatoms. The molecular formula is C12H17NO2S. The van der Waals surface area contributed by atoms with E-state index in [0.29, 0.717) is 11.4 Å². The van der Waals surface area contributed by atoms with Crippen LogP contribution in [-0.2, 0) is 10.0 Å². The van der Waals surface area contributed by atoms with E-state index in [-0.39, 0.29) is 0 Å². The minimum absolute atomic E-state index is 0.344. The lowest BCUT2D eigenvalue weighted by molar-refractivity contribution is 0.492. The van der Waals surface area contributed by atoms with E-state index < -0.39 is 10.0 Å². The molecule has 0 atom stereocenters. The van der Waals surface area contributed by atoms with Crippen molar-refractivity contribution in [3.63, 3.8) is 0 Å². The summed E-state index contributed by atoms with van der Waals surface area (Å²) in [5, 5.41) is 0. The van der Waals surface area contributed by atoms with Crippen LogP contribution in [0.5, 0.6) is 0 Å². The predicted molar refractivity (Wildman–Crippen MR) is 65.8 cm³/mol. The lowest BCUT2D eigenvalue weighted by Gasteiger charge is -2.18. The highest BCUT2D eigenvalue weighted by molar-refractivity contribution is 7.89. The first kappa shape index (κ1) is 12.9. The number of hydrogen-bond donors (Lipinski definition) is 0. The summed E-state index contributed by atoms with van der Waals surface area (Å²) in [5.41, 5.74) is 1.58. The third kappa shape index (κ3) is 2.71. The van der Waals surface area contributed by atoms with E-state index in [9.17, 15) is 8.42 Å². The molecule has 0 saturated carbocycles. The van der Waals surface area contributed by atoms with E-state index in [4.69, 9.17) is 0 Å². The Morgan fingerprint density at radius 1 is 1.38 bits per heavy atom. The topological polar surface area (TPSA) is 37.4 Å². The van der Waals surface area contributed by atoms with E-state index in [0.717, 1.165) is 11.1 Å². The standard InChI is InChI=1S/C12H17NO2S/c1-10(2)9-13(4)16(14,15)12-8-6-5-7-11(12)3/h5-8H,1,9H2,2-4H3. The SMILES string of the molecule is C=C(C)CN(C)S(=O)(=O)c1ccccc1C. The minimum atomic E-state index is -3.39. The van der Waals surface area contributed by atoms with Gasteiger partial charge < -0.3 is 0 Å². The summed E-state index contributed by atoms with van der Waals surface area (Å²) in [6.07, 6.45) is 0. The second-order valence-corrected chi connectivity index (χ2v) is 6.00. The van der Waals surface area contributed by atoms with E-state index >= 15 is 0 Å². The van der Waals surface area contributed by atoms with Gasteiger partial charge in [0.05, 0.1) is 4.90 Å². The van der Waals surface area contributed by atoms with Crippen molar-refractivity contribution in [2.45, 2.75) is 18.7 Å². The molecule has 0 unspecified atom stereocenters. The van der Waals surface area contributed by atoms with Crippen LogP contribution in [0.1, 0.15) is 12.5 Å². The molecule has 0 bridgehead atoms. The Morgan fingerprint density at radius 2 is 1.94 bits per heavy atom. The first-order valence-corrected chi connectivity index (χ1v) is 6.46. The van der Waals surface area contributed by atoms with E-state index in [1.165, 1.54) is 4.31 Å². The first-order chi connectivity index (χ1) is 7.35. The van der Waals surface area contributed by atoms with E-state index in [1.807, 2.05) is 13.0 Å². The van der Waals surface area contributed by atoms with Crippen LogP contribution in [0.15, 0.2) is 41.3 Å². The van der Waals surface area contributed by atoms with Crippen molar-refractivity contribution in [3.8, 4) is 0 Å². The van der Waals surface area contributed by atoms with Gasteiger partial charge >= 0.3 is 0 Å². The molecule has 0 N–H and O–H groups in total. The molecule has 0 aromatic heterocycles. The second kappa shape index (κ2) is 4.80. The molecule has 0 amide bonds. The second-order valence-electron chi connectivity index (χ2n) is 3.98.